The largest absolute Gasteiger partial charge is 0.347 e. The fraction of sp³-hybridized carbons (Fsp3) is 0.350. The standard InChI is InChI=1S/C20H21ClN4O2S/c21-16-5-2-1-4-15(16)13-25-9-7-14(8-10-25)20(26)22-12-18-23-19(24-27-18)17-6-3-11-28-17/h1-6,11,14H,7-10,12-13H2,(H,22,26). The fourth-order valence-electron chi connectivity index (χ4n) is 3.36. The summed E-state index contributed by atoms with van der Waals surface area (Å²) in [5.41, 5.74) is 1.13. The van der Waals surface area contributed by atoms with Gasteiger partial charge in [-0.1, -0.05) is 41.0 Å². The highest BCUT2D eigenvalue weighted by Gasteiger charge is 2.25. The smallest absolute Gasteiger partial charge is 0.246 e. The normalized spacial score (nSPS) is 15.6. The number of likely N-dealkylation sites (tertiary alicyclic amines) is 1. The van der Waals surface area contributed by atoms with E-state index in [-0.39, 0.29) is 18.4 Å². The van der Waals surface area contributed by atoms with Gasteiger partial charge in [-0.05, 0) is 49.0 Å². The van der Waals surface area contributed by atoms with Crippen LogP contribution in [0.5, 0.6) is 0 Å². The summed E-state index contributed by atoms with van der Waals surface area (Å²) in [5, 5.41) is 9.65. The number of carbonyl (C=O) groups excluding carboxylic acids is 1. The Labute approximate surface area is 172 Å². The molecule has 8 heteroatoms. The maximum Gasteiger partial charge on any atom is 0.246 e. The van der Waals surface area contributed by atoms with Gasteiger partial charge in [0, 0.05) is 17.5 Å². The predicted molar refractivity (Wildman–Crippen MR) is 109 cm³/mol. The van der Waals surface area contributed by atoms with E-state index in [0.29, 0.717) is 11.7 Å². The molecular weight excluding hydrogens is 396 g/mol. The number of hydrogen-bond donors (Lipinski definition) is 1. The molecule has 0 atom stereocenters. The first-order valence-electron chi connectivity index (χ1n) is 9.29. The average Bonchev–Trinajstić information content (AvgIpc) is 3.40. The number of hydrogen-bond acceptors (Lipinski definition) is 6. The first kappa shape index (κ1) is 19.1. The molecule has 1 N–H and O–H groups in total. The molecule has 3 aromatic rings. The van der Waals surface area contributed by atoms with Crippen molar-refractivity contribution in [3.05, 3.63) is 58.3 Å². The monoisotopic (exact) mass is 416 g/mol. The number of rotatable bonds is 6. The number of amides is 1. The van der Waals surface area contributed by atoms with Crippen LogP contribution in [0.15, 0.2) is 46.3 Å². The summed E-state index contributed by atoms with van der Waals surface area (Å²) < 4.78 is 5.23. The Hall–Kier alpha value is -2.22. The molecule has 0 aliphatic carbocycles. The lowest BCUT2D eigenvalue weighted by Gasteiger charge is -2.31. The second-order valence-electron chi connectivity index (χ2n) is 6.85. The Bertz CT molecular complexity index is 920. The van der Waals surface area contributed by atoms with Crippen molar-refractivity contribution < 1.29 is 9.32 Å². The molecule has 1 amide bonds. The number of aromatic nitrogens is 2. The topological polar surface area (TPSA) is 71.3 Å². The van der Waals surface area contributed by atoms with E-state index in [4.69, 9.17) is 16.1 Å². The molecule has 4 rings (SSSR count). The quantitative estimate of drug-likeness (QED) is 0.658. The van der Waals surface area contributed by atoms with Crippen LogP contribution < -0.4 is 5.32 Å². The SMILES string of the molecule is O=C(NCc1nc(-c2cccs2)no1)C1CCN(Cc2ccccc2Cl)CC1. The van der Waals surface area contributed by atoms with E-state index in [1.165, 1.54) is 0 Å². The molecule has 0 radical (unpaired) electrons. The van der Waals surface area contributed by atoms with Gasteiger partial charge in [0.05, 0.1) is 11.4 Å². The highest BCUT2D eigenvalue weighted by atomic mass is 35.5. The Morgan fingerprint density at radius 2 is 2.07 bits per heavy atom. The van der Waals surface area contributed by atoms with Crippen LogP contribution in [0.1, 0.15) is 24.3 Å². The molecular formula is C20H21ClN4O2S. The second-order valence-corrected chi connectivity index (χ2v) is 8.20. The van der Waals surface area contributed by atoms with Gasteiger partial charge in [-0.3, -0.25) is 9.69 Å². The first-order chi connectivity index (χ1) is 13.7. The summed E-state index contributed by atoms with van der Waals surface area (Å²) in [6, 6.07) is 11.8. The van der Waals surface area contributed by atoms with Gasteiger partial charge in [0.15, 0.2) is 0 Å². The Morgan fingerprint density at radius 1 is 1.25 bits per heavy atom. The Kier molecular flexibility index (Phi) is 6.04. The number of nitrogens with zero attached hydrogens (tertiary/aromatic N) is 3. The van der Waals surface area contributed by atoms with Crippen molar-refractivity contribution in [2.45, 2.75) is 25.9 Å². The molecule has 1 saturated heterocycles. The zero-order chi connectivity index (χ0) is 19.3. The van der Waals surface area contributed by atoms with Crippen LogP contribution in [0.3, 0.4) is 0 Å². The zero-order valence-electron chi connectivity index (χ0n) is 15.3. The lowest BCUT2D eigenvalue weighted by molar-refractivity contribution is -0.126. The molecule has 1 aliphatic heterocycles. The third kappa shape index (κ3) is 4.60. The van der Waals surface area contributed by atoms with E-state index >= 15 is 0 Å². The molecule has 0 bridgehead atoms. The Morgan fingerprint density at radius 3 is 2.82 bits per heavy atom. The lowest BCUT2D eigenvalue weighted by Crippen LogP contribution is -2.40. The maximum absolute atomic E-state index is 12.5. The fourth-order valence-corrected chi connectivity index (χ4v) is 4.21. The second kappa shape index (κ2) is 8.86. The summed E-state index contributed by atoms with van der Waals surface area (Å²) in [5.74, 6) is 1.05. The summed E-state index contributed by atoms with van der Waals surface area (Å²) >= 11 is 7.80. The van der Waals surface area contributed by atoms with Gasteiger partial charge in [0.25, 0.3) is 0 Å². The van der Waals surface area contributed by atoms with Gasteiger partial charge >= 0.3 is 0 Å². The number of halogens is 1. The minimum Gasteiger partial charge on any atom is -0.347 e. The van der Waals surface area contributed by atoms with Crippen LogP contribution in [0.2, 0.25) is 5.02 Å². The van der Waals surface area contributed by atoms with Crippen LogP contribution in [0.4, 0.5) is 0 Å². The molecule has 6 nitrogen and oxygen atoms in total. The lowest BCUT2D eigenvalue weighted by atomic mass is 9.95. The van der Waals surface area contributed by atoms with Crippen LogP contribution in [0.25, 0.3) is 10.7 Å². The van der Waals surface area contributed by atoms with Crippen molar-refractivity contribution in [3.8, 4) is 10.7 Å². The summed E-state index contributed by atoms with van der Waals surface area (Å²) in [7, 11) is 0. The zero-order valence-corrected chi connectivity index (χ0v) is 16.9. The van der Waals surface area contributed by atoms with Crippen LogP contribution in [0, 0.1) is 5.92 Å². The number of benzene rings is 1. The van der Waals surface area contributed by atoms with Crippen molar-refractivity contribution in [1.29, 1.82) is 0 Å². The Balaban J connectivity index is 1.24. The van der Waals surface area contributed by atoms with Gasteiger partial charge in [-0.15, -0.1) is 11.3 Å². The number of piperidine rings is 1. The minimum atomic E-state index is 0.0159. The molecule has 0 spiro atoms. The van der Waals surface area contributed by atoms with Crippen LogP contribution >= 0.6 is 22.9 Å². The third-order valence-electron chi connectivity index (χ3n) is 4.93. The van der Waals surface area contributed by atoms with E-state index in [9.17, 15) is 4.79 Å². The van der Waals surface area contributed by atoms with Crippen molar-refractivity contribution in [1.82, 2.24) is 20.4 Å². The van der Waals surface area contributed by atoms with E-state index < -0.39 is 0 Å². The molecule has 0 saturated carbocycles. The van der Waals surface area contributed by atoms with E-state index in [1.807, 2.05) is 35.7 Å². The first-order valence-corrected chi connectivity index (χ1v) is 10.5. The molecule has 1 fully saturated rings. The molecule has 1 aliphatic rings. The van der Waals surface area contributed by atoms with Gasteiger partial charge < -0.3 is 9.84 Å². The van der Waals surface area contributed by atoms with Crippen molar-refractivity contribution in [3.63, 3.8) is 0 Å². The molecule has 2 aromatic heterocycles. The molecule has 28 heavy (non-hydrogen) atoms. The van der Waals surface area contributed by atoms with Crippen LogP contribution in [-0.2, 0) is 17.9 Å². The minimum absolute atomic E-state index is 0.0159. The molecule has 1 aromatic carbocycles. The number of carbonyl (C=O) groups is 1. The van der Waals surface area contributed by atoms with Gasteiger partial charge in [0.2, 0.25) is 17.6 Å². The molecule has 3 heterocycles. The van der Waals surface area contributed by atoms with E-state index in [2.05, 4.69) is 26.4 Å². The molecule has 0 unspecified atom stereocenters. The van der Waals surface area contributed by atoms with Crippen molar-refractivity contribution in [2.24, 2.45) is 5.92 Å². The highest BCUT2D eigenvalue weighted by molar-refractivity contribution is 7.13. The van der Waals surface area contributed by atoms with Crippen molar-refractivity contribution >= 4 is 28.8 Å². The van der Waals surface area contributed by atoms with E-state index in [1.54, 1.807) is 11.3 Å². The summed E-state index contributed by atoms with van der Waals surface area (Å²) in [4.78, 5) is 20.1. The molecule has 146 valence electrons. The summed E-state index contributed by atoms with van der Waals surface area (Å²) in [6.45, 7) is 2.84. The van der Waals surface area contributed by atoms with Gasteiger partial charge in [-0.25, -0.2) is 0 Å². The van der Waals surface area contributed by atoms with Crippen molar-refractivity contribution in [2.75, 3.05) is 13.1 Å². The predicted octanol–water partition coefficient (Wildman–Crippen LogP) is 3.98. The number of thiophene rings is 1. The third-order valence-corrected chi connectivity index (χ3v) is 6.17. The van der Waals surface area contributed by atoms with Gasteiger partial charge in [0.1, 0.15) is 0 Å². The van der Waals surface area contributed by atoms with E-state index in [0.717, 1.165) is 47.9 Å². The van der Waals surface area contributed by atoms with Gasteiger partial charge in [-0.2, -0.15) is 4.98 Å². The number of nitrogens with one attached hydrogen (secondary N) is 1. The summed E-state index contributed by atoms with van der Waals surface area (Å²) in [6.07, 6.45) is 1.67. The highest BCUT2D eigenvalue weighted by Crippen LogP contribution is 2.23. The maximum atomic E-state index is 12.5. The van der Waals surface area contributed by atoms with Crippen LogP contribution in [-0.4, -0.2) is 34.0 Å². The average molecular weight is 417 g/mol.